The van der Waals surface area contributed by atoms with Crippen LogP contribution in [0.5, 0.6) is 5.75 Å². The van der Waals surface area contributed by atoms with Gasteiger partial charge in [-0.15, -0.1) is 0 Å². The summed E-state index contributed by atoms with van der Waals surface area (Å²) in [7, 11) is 0. The highest BCUT2D eigenvalue weighted by atomic mass is 16.6. The molecule has 4 amide bonds. The first-order chi connectivity index (χ1) is 21.7. The van der Waals surface area contributed by atoms with Crippen molar-refractivity contribution in [2.45, 2.75) is 117 Å². The number of nitrogens with zero attached hydrogens (tertiary/aromatic N) is 1. The van der Waals surface area contributed by atoms with Gasteiger partial charge in [0.15, 0.2) is 0 Å². The molecule has 4 atom stereocenters. The Bertz CT molecular complexity index is 1410. The minimum absolute atomic E-state index is 0.0777. The molecule has 0 bridgehead atoms. The topological polar surface area (TPSA) is 177 Å². The first-order valence-electron chi connectivity index (χ1n) is 15.7. The lowest BCUT2D eigenvalue weighted by Crippen LogP contribution is -2.57. The molecule has 0 aliphatic carbocycles. The maximum Gasteiger partial charge on any atom is 0.408 e. The normalized spacial score (nSPS) is 14.1. The second-order valence-corrected chi connectivity index (χ2v) is 13.6. The number of nitrogens with two attached hydrogens (primary N) is 1. The van der Waals surface area contributed by atoms with E-state index in [2.05, 4.69) is 10.6 Å². The van der Waals surface area contributed by atoms with E-state index in [1.54, 1.807) is 98.7 Å². The van der Waals surface area contributed by atoms with Crippen LogP contribution in [0.3, 0.4) is 0 Å². The summed E-state index contributed by atoms with van der Waals surface area (Å²) in [5.74, 6) is -3.42. The minimum atomic E-state index is -1.51. The molecule has 12 nitrogen and oxygen atoms in total. The summed E-state index contributed by atoms with van der Waals surface area (Å²) in [5.41, 5.74) is 4.97. The van der Waals surface area contributed by atoms with Crippen LogP contribution in [0.4, 0.5) is 4.79 Å². The Kier molecular flexibility index (Phi) is 13.4. The first kappa shape index (κ1) is 38.6. The highest BCUT2D eigenvalue weighted by Gasteiger charge is 2.41. The maximum atomic E-state index is 14.5. The molecule has 0 saturated carbocycles. The van der Waals surface area contributed by atoms with Gasteiger partial charge in [-0.25, -0.2) is 9.59 Å². The number of hydrogen-bond acceptors (Lipinski definition) is 8. The molecule has 0 saturated heterocycles. The van der Waals surface area contributed by atoms with Crippen LogP contribution < -0.4 is 16.4 Å². The molecule has 47 heavy (non-hydrogen) atoms. The zero-order valence-corrected chi connectivity index (χ0v) is 28.9. The number of esters is 1. The van der Waals surface area contributed by atoms with E-state index < -0.39 is 71.6 Å². The van der Waals surface area contributed by atoms with Crippen LogP contribution in [-0.4, -0.2) is 69.1 Å². The fourth-order valence-electron chi connectivity index (χ4n) is 4.81. The number of aromatic hydroxyl groups is 1. The summed E-state index contributed by atoms with van der Waals surface area (Å²) < 4.78 is 11.0. The molecular weight excluding hydrogens is 604 g/mol. The van der Waals surface area contributed by atoms with Crippen molar-refractivity contribution in [2.24, 2.45) is 5.73 Å². The van der Waals surface area contributed by atoms with E-state index in [9.17, 15) is 29.1 Å². The number of alkyl carbamates (subject to hydrolysis) is 1. The fraction of sp³-hybridized carbons (Fsp3) is 0.514. The van der Waals surface area contributed by atoms with Gasteiger partial charge in [0, 0.05) is 18.0 Å². The van der Waals surface area contributed by atoms with Crippen LogP contribution in [0, 0.1) is 6.92 Å². The standard InChI is InChI=1S/C35H50N4O8/c1-10-22(3)39(31(43)25(20-27(36)40)38-33(45)47-35(7,8)9)28(24-18-14-15-21(2)29(24)41)30(42)37-26(32(44)46-34(4,5)6)19-23-16-12-11-13-17-23/h11-18,22,25-26,28,41H,10,19-20H2,1-9H3,(H2,36,40)(H,37,42)(H,38,45). The number of amides is 4. The van der Waals surface area contributed by atoms with Gasteiger partial charge in [-0.1, -0.05) is 55.5 Å². The minimum Gasteiger partial charge on any atom is -0.507 e. The Morgan fingerprint density at radius 2 is 1.47 bits per heavy atom. The molecule has 2 aromatic rings. The summed E-state index contributed by atoms with van der Waals surface area (Å²) in [4.78, 5) is 68.4. The average Bonchev–Trinajstić information content (AvgIpc) is 2.94. The number of benzene rings is 2. The number of carbonyl (C=O) groups is 5. The number of rotatable bonds is 13. The van der Waals surface area contributed by atoms with Gasteiger partial charge in [-0.3, -0.25) is 14.4 Å². The summed E-state index contributed by atoms with van der Waals surface area (Å²) >= 11 is 0. The van der Waals surface area contributed by atoms with Crippen LogP contribution in [-0.2, 0) is 35.1 Å². The Morgan fingerprint density at radius 3 is 2.00 bits per heavy atom. The van der Waals surface area contributed by atoms with E-state index in [4.69, 9.17) is 15.2 Å². The van der Waals surface area contributed by atoms with Gasteiger partial charge in [0.1, 0.15) is 35.1 Å². The molecule has 0 radical (unpaired) electrons. The van der Waals surface area contributed by atoms with Crippen LogP contribution in [0.2, 0.25) is 0 Å². The largest absolute Gasteiger partial charge is 0.507 e. The zero-order chi connectivity index (χ0) is 35.7. The second-order valence-electron chi connectivity index (χ2n) is 13.6. The number of para-hydroxylation sites is 1. The van der Waals surface area contributed by atoms with Gasteiger partial charge in [-0.05, 0) is 72.9 Å². The van der Waals surface area contributed by atoms with E-state index in [1.807, 2.05) is 6.07 Å². The third kappa shape index (κ3) is 11.9. The number of hydrogen-bond donors (Lipinski definition) is 4. The van der Waals surface area contributed by atoms with Crippen LogP contribution in [0.1, 0.15) is 91.0 Å². The van der Waals surface area contributed by atoms with Gasteiger partial charge in [-0.2, -0.15) is 0 Å². The summed E-state index contributed by atoms with van der Waals surface area (Å²) in [6.45, 7) is 15.2. The number of aryl methyl sites for hydroxylation is 1. The van der Waals surface area contributed by atoms with Gasteiger partial charge >= 0.3 is 12.1 Å². The predicted molar refractivity (Wildman–Crippen MR) is 177 cm³/mol. The van der Waals surface area contributed by atoms with Gasteiger partial charge in [0.05, 0.1) is 6.42 Å². The van der Waals surface area contributed by atoms with E-state index in [0.717, 1.165) is 5.56 Å². The van der Waals surface area contributed by atoms with Crippen molar-refractivity contribution < 1.29 is 38.6 Å². The fourth-order valence-corrected chi connectivity index (χ4v) is 4.81. The van der Waals surface area contributed by atoms with Gasteiger partial charge < -0.3 is 35.8 Å². The Morgan fingerprint density at radius 1 is 0.872 bits per heavy atom. The zero-order valence-electron chi connectivity index (χ0n) is 28.9. The third-order valence-corrected chi connectivity index (χ3v) is 7.10. The molecule has 0 aromatic heterocycles. The van der Waals surface area contributed by atoms with Crippen molar-refractivity contribution in [2.75, 3.05) is 0 Å². The van der Waals surface area contributed by atoms with Crippen molar-refractivity contribution in [3.05, 3.63) is 65.2 Å². The quantitative estimate of drug-likeness (QED) is 0.232. The maximum absolute atomic E-state index is 14.5. The number of ether oxygens (including phenoxy) is 2. The Hall–Kier alpha value is -4.61. The van der Waals surface area contributed by atoms with E-state index in [0.29, 0.717) is 12.0 Å². The van der Waals surface area contributed by atoms with Crippen molar-refractivity contribution in [1.82, 2.24) is 15.5 Å². The molecule has 2 rings (SSSR count). The summed E-state index contributed by atoms with van der Waals surface area (Å²) in [6.07, 6.45) is -1.13. The van der Waals surface area contributed by atoms with Gasteiger partial charge in [0.2, 0.25) is 17.7 Å². The smallest absolute Gasteiger partial charge is 0.408 e. The Labute approximate surface area is 277 Å². The molecule has 12 heteroatoms. The van der Waals surface area contributed by atoms with Crippen molar-refractivity contribution >= 4 is 29.8 Å². The molecule has 2 aromatic carbocycles. The van der Waals surface area contributed by atoms with Crippen molar-refractivity contribution in [1.29, 1.82) is 0 Å². The van der Waals surface area contributed by atoms with E-state index >= 15 is 0 Å². The predicted octanol–water partition coefficient (Wildman–Crippen LogP) is 4.21. The van der Waals surface area contributed by atoms with Crippen LogP contribution in [0.25, 0.3) is 0 Å². The second kappa shape index (κ2) is 16.3. The average molecular weight is 655 g/mol. The highest BCUT2D eigenvalue weighted by Crippen LogP contribution is 2.34. The molecule has 5 N–H and O–H groups in total. The number of nitrogens with one attached hydrogen (secondary N) is 2. The van der Waals surface area contributed by atoms with Crippen LogP contribution >= 0.6 is 0 Å². The SMILES string of the molecule is CCC(C)N(C(=O)C(CC(N)=O)NC(=O)OC(C)(C)C)C(C(=O)NC(Cc1ccccc1)C(=O)OC(C)(C)C)c1cccc(C)c1O. The molecule has 0 spiro atoms. The Balaban J connectivity index is 2.70. The first-order valence-corrected chi connectivity index (χ1v) is 15.7. The molecule has 0 heterocycles. The van der Waals surface area contributed by atoms with E-state index in [-0.39, 0.29) is 17.7 Å². The lowest BCUT2D eigenvalue weighted by Gasteiger charge is -2.39. The number of phenolic OH excluding ortho intramolecular Hbond substituents is 1. The van der Waals surface area contributed by atoms with Crippen molar-refractivity contribution in [3.8, 4) is 5.75 Å². The van der Waals surface area contributed by atoms with Crippen molar-refractivity contribution in [3.63, 3.8) is 0 Å². The number of carbonyl (C=O) groups excluding carboxylic acids is 5. The molecule has 4 unspecified atom stereocenters. The molecular formula is C35H50N4O8. The van der Waals surface area contributed by atoms with Crippen LogP contribution in [0.15, 0.2) is 48.5 Å². The lowest BCUT2D eigenvalue weighted by atomic mass is 9.96. The summed E-state index contributed by atoms with van der Waals surface area (Å²) in [6, 6.07) is 8.95. The molecule has 258 valence electrons. The molecule has 0 fully saturated rings. The van der Waals surface area contributed by atoms with Gasteiger partial charge in [0.25, 0.3) is 0 Å². The monoisotopic (exact) mass is 654 g/mol. The number of primary amides is 1. The van der Waals surface area contributed by atoms with E-state index in [1.165, 1.54) is 11.0 Å². The summed E-state index contributed by atoms with van der Waals surface area (Å²) in [5, 5.41) is 16.4. The highest BCUT2D eigenvalue weighted by molar-refractivity contribution is 5.96. The molecule has 0 aliphatic rings. The molecule has 0 aliphatic heterocycles. The third-order valence-electron chi connectivity index (χ3n) is 7.10. The number of phenols is 1. The lowest BCUT2D eigenvalue weighted by molar-refractivity contribution is -0.159.